The summed E-state index contributed by atoms with van der Waals surface area (Å²) in [7, 11) is 0. The lowest BCUT2D eigenvalue weighted by Crippen LogP contribution is -2.48. The SMILES string of the molecule is O=C(NC1CC2CCC(C1)N2)c1cc(-c2ccc(Cl)s2)on1. The first-order chi connectivity index (χ1) is 10.7. The Bertz CT molecular complexity index is 687. The number of carbonyl (C=O) groups is 1. The van der Waals surface area contributed by atoms with Gasteiger partial charge >= 0.3 is 0 Å². The van der Waals surface area contributed by atoms with Gasteiger partial charge in [0.05, 0.1) is 9.21 Å². The molecule has 0 aliphatic carbocycles. The number of carbonyl (C=O) groups excluding carboxylic acids is 1. The molecule has 0 radical (unpaired) electrons. The Hall–Kier alpha value is -1.37. The summed E-state index contributed by atoms with van der Waals surface area (Å²) in [5, 5.41) is 10.5. The molecule has 2 bridgehead atoms. The lowest BCUT2D eigenvalue weighted by Gasteiger charge is -2.29. The number of halogens is 1. The monoisotopic (exact) mass is 337 g/mol. The zero-order valence-electron chi connectivity index (χ0n) is 11.8. The van der Waals surface area contributed by atoms with Gasteiger partial charge in [-0.25, -0.2) is 0 Å². The Labute approximate surface area is 137 Å². The first-order valence-corrected chi connectivity index (χ1v) is 8.66. The molecule has 4 heterocycles. The van der Waals surface area contributed by atoms with Crippen LogP contribution >= 0.6 is 22.9 Å². The van der Waals surface area contributed by atoms with Crippen LogP contribution in [0.4, 0.5) is 0 Å². The Morgan fingerprint density at radius 1 is 1.36 bits per heavy atom. The minimum Gasteiger partial charge on any atom is -0.355 e. The minimum atomic E-state index is -0.163. The molecule has 0 saturated carbocycles. The molecule has 2 aromatic heterocycles. The maximum Gasteiger partial charge on any atom is 0.273 e. The third-order valence-corrected chi connectivity index (χ3v) is 5.61. The zero-order chi connectivity index (χ0) is 15.1. The van der Waals surface area contributed by atoms with E-state index in [1.165, 1.54) is 24.2 Å². The highest BCUT2D eigenvalue weighted by Crippen LogP contribution is 2.31. The van der Waals surface area contributed by atoms with Gasteiger partial charge in [-0.1, -0.05) is 16.8 Å². The van der Waals surface area contributed by atoms with Gasteiger partial charge in [0, 0.05) is 24.2 Å². The van der Waals surface area contributed by atoms with Crippen LogP contribution in [0.3, 0.4) is 0 Å². The van der Waals surface area contributed by atoms with E-state index in [0.29, 0.717) is 27.9 Å². The van der Waals surface area contributed by atoms with Crippen LogP contribution in [0.2, 0.25) is 4.34 Å². The first kappa shape index (κ1) is 14.2. The molecule has 0 aromatic carbocycles. The summed E-state index contributed by atoms with van der Waals surface area (Å²) in [4.78, 5) is 13.2. The molecule has 1 amide bonds. The molecule has 2 N–H and O–H groups in total. The van der Waals surface area contributed by atoms with Gasteiger partial charge in [0.15, 0.2) is 11.5 Å². The highest BCUT2D eigenvalue weighted by molar-refractivity contribution is 7.19. The van der Waals surface area contributed by atoms with Gasteiger partial charge < -0.3 is 15.2 Å². The number of thiophene rings is 1. The number of fused-ring (bicyclic) bond motifs is 2. The molecular weight excluding hydrogens is 322 g/mol. The van der Waals surface area contributed by atoms with Crippen molar-refractivity contribution < 1.29 is 9.32 Å². The molecule has 22 heavy (non-hydrogen) atoms. The normalized spacial score (nSPS) is 27.0. The summed E-state index contributed by atoms with van der Waals surface area (Å²) in [5.74, 6) is 0.413. The van der Waals surface area contributed by atoms with Gasteiger partial charge in [-0.2, -0.15) is 0 Å². The molecule has 2 aliphatic heterocycles. The number of hydrogen-bond donors (Lipinski definition) is 2. The molecule has 7 heteroatoms. The van der Waals surface area contributed by atoms with E-state index < -0.39 is 0 Å². The van der Waals surface area contributed by atoms with Crippen LogP contribution in [0.15, 0.2) is 22.7 Å². The summed E-state index contributed by atoms with van der Waals surface area (Å²) in [6.07, 6.45) is 4.41. The van der Waals surface area contributed by atoms with Crippen molar-refractivity contribution in [3.63, 3.8) is 0 Å². The van der Waals surface area contributed by atoms with Crippen LogP contribution in [-0.2, 0) is 0 Å². The molecule has 2 atom stereocenters. The minimum absolute atomic E-state index is 0.163. The Balaban J connectivity index is 1.43. The second-order valence-electron chi connectivity index (χ2n) is 5.96. The molecular formula is C15H16ClN3O2S. The Morgan fingerprint density at radius 2 is 2.14 bits per heavy atom. The summed E-state index contributed by atoms with van der Waals surface area (Å²) < 4.78 is 5.94. The van der Waals surface area contributed by atoms with Crippen molar-refractivity contribution in [2.75, 3.05) is 0 Å². The zero-order valence-corrected chi connectivity index (χ0v) is 13.4. The highest BCUT2D eigenvalue weighted by Gasteiger charge is 2.34. The smallest absolute Gasteiger partial charge is 0.273 e. The standard InChI is InChI=1S/C15H16ClN3O2S/c16-14-4-3-13(22-14)12-7-11(19-21-12)15(20)18-10-5-8-1-2-9(6-10)17-8/h3-4,7-10,17H,1-2,5-6H2,(H,18,20). The fourth-order valence-corrected chi connectivity index (χ4v) is 4.37. The number of rotatable bonds is 3. The molecule has 2 saturated heterocycles. The number of nitrogens with zero attached hydrogens (tertiary/aromatic N) is 1. The van der Waals surface area contributed by atoms with E-state index in [0.717, 1.165) is 17.7 Å². The Kier molecular flexibility index (Phi) is 3.68. The molecule has 0 spiro atoms. The average molecular weight is 338 g/mol. The number of hydrogen-bond acceptors (Lipinski definition) is 5. The maximum atomic E-state index is 12.3. The van der Waals surface area contributed by atoms with E-state index >= 15 is 0 Å². The quantitative estimate of drug-likeness (QED) is 0.903. The molecule has 2 fully saturated rings. The third kappa shape index (κ3) is 2.78. The molecule has 2 aromatic rings. The van der Waals surface area contributed by atoms with E-state index in [4.69, 9.17) is 16.1 Å². The number of amides is 1. The lowest BCUT2D eigenvalue weighted by atomic mass is 10.00. The van der Waals surface area contributed by atoms with Crippen LogP contribution in [0, 0.1) is 0 Å². The second kappa shape index (κ2) is 5.68. The molecule has 5 nitrogen and oxygen atoms in total. The van der Waals surface area contributed by atoms with Crippen LogP contribution in [0.25, 0.3) is 10.6 Å². The van der Waals surface area contributed by atoms with Crippen molar-refractivity contribution in [2.45, 2.75) is 43.8 Å². The van der Waals surface area contributed by atoms with E-state index in [2.05, 4.69) is 15.8 Å². The van der Waals surface area contributed by atoms with Gasteiger partial charge in [-0.15, -0.1) is 11.3 Å². The van der Waals surface area contributed by atoms with Crippen molar-refractivity contribution in [1.29, 1.82) is 0 Å². The van der Waals surface area contributed by atoms with Crippen molar-refractivity contribution in [3.8, 4) is 10.6 Å². The van der Waals surface area contributed by atoms with Crippen molar-refractivity contribution in [2.24, 2.45) is 0 Å². The van der Waals surface area contributed by atoms with Crippen LogP contribution in [0.5, 0.6) is 0 Å². The predicted molar refractivity (Wildman–Crippen MR) is 85.3 cm³/mol. The van der Waals surface area contributed by atoms with Crippen molar-refractivity contribution in [1.82, 2.24) is 15.8 Å². The van der Waals surface area contributed by atoms with Gasteiger partial charge in [0.1, 0.15) is 0 Å². The molecule has 2 unspecified atom stereocenters. The van der Waals surface area contributed by atoms with Crippen LogP contribution in [-0.4, -0.2) is 29.2 Å². The highest BCUT2D eigenvalue weighted by atomic mass is 35.5. The fourth-order valence-electron chi connectivity index (χ4n) is 3.38. The van der Waals surface area contributed by atoms with E-state index in [1.54, 1.807) is 12.1 Å². The summed E-state index contributed by atoms with van der Waals surface area (Å²) in [5.41, 5.74) is 0.324. The average Bonchev–Trinajstić information content (AvgIpc) is 3.19. The summed E-state index contributed by atoms with van der Waals surface area (Å²) in [6, 6.07) is 6.65. The number of nitrogens with one attached hydrogen (secondary N) is 2. The van der Waals surface area contributed by atoms with Crippen LogP contribution in [0.1, 0.15) is 36.2 Å². The van der Waals surface area contributed by atoms with Gasteiger partial charge in [0.25, 0.3) is 5.91 Å². The summed E-state index contributed by atoms with van der Waals surface area (Å²) >= 11 is 7.32. The maximum absolute atomic E-state index is 12.3. The van der Waals surface area contributed by atoms with E-state index in [9.17, 15) is 4.79 Å². The first-order valence-electron chi connectivity index (χ1n) is 7.47. The number of aromatic nitrogens is 1. The molecule has 116 valence electrons. The van der Waals surface area contributed by atoms with E-state index in [-0.39, 0.29) is 11.9 Å². The van der Waals surface area contributed by atoms with Gasteiger partial charge in [0.2, 0.25) is 0 Å². The van der Waals surface area contributed by atoms with Gasteiger partial charge in [-0.3, -0.25) is 4.79 Å². The van der Waals surface area contributed by atoms with Gasteiger partial charge in [-0.05, 0) is 37.8 Å². The third-order valence-electron chi connectivity index (χ3n) is 4.37. The second-order valence-corrected chi connectivity index (χ2v) is 7.67. The molecule has 2 aliphatic rings. The predicted octanol–water partition coefficient (Wildman–Crippen LogP) is 3.07. The van der Waals surface area contributed by atoms with Crippen molar-refractivity contribution >= 4 is 28.8 Å². The largest absolute Gasteiger partial charge is 0.355 e. The van der Waals surface area contributed by atoms with Crippen molar-refractivity contribution in [3.05, 3.63) is 28.2 Å². The number of piperidine rings is 1. The fraction of sp³-hybridized carbons (Fsp3) is 0.467. The summed E-state index contributed by atoms with van der Waals surface area (Å²) in [6.45, 7) is 0. The topological polar surface area (TPSA) is 67.2 Å². The molecule has 4 rings (SSSR count). The Morgan fingerprint density at radius 3 is 2.82 bits per heavy atom. The lowest BCUT2D eigenvalue weighted by molar-refractivity contribution is 0.0915. The van der Waals surface area contributed by atoms with Crippen LogP contribution < -0.4 is 10.6 Å². The van der Waals surface area contributed by atoms with E-state index in [1.807, 2.05) is 6.07 Å².